The minimum Gasteiger partial charge on any atom is -0.497 e. The van der Waals surface area contributed by atoms with Crippen LogP contribution in [0.1, 0.15) is 17.4 Å². The fraction of sp³-hybridized carbons (Fsp3) is 0.250. The lowest BCUT2D eigenvalue weighted by molar-refractivity contribution is -0.135. The summed E-state index contributed by atoms with van der Waals surface area (Å²) < 4.78 is 17.0. The molecule has 9 heteroatoms. The van der Waals surface area contributed by atoms with Gasteiger partial charge in [0.1, 0.15) is 30.0 Å². The first-order valence-electron chi connectivity index (χ1n) is 10.6. The molecule has 1 saturated heterocycles. The predicted molar refractivity (Wildman–Crippen MR) is 121 cm³/mol. The van der Waals surface area contributed by atoms with Gasteiger partial charge in [-0.2, -0.15) is 0 Å². The molecule has 2 aliphatic heterocycles. The van der Waals surface area contributed by atoms with Crippen LogP contribution in [0.5, 0.6) is 11.5 Å². The fourth-order valence-electron chi connectivity index (χ4n) is 3.80. The van der Waals surface area contributed by atoms with Crippen molar-refractivity contribution in [2.75, 3.05) is 38.7 Å². The maximum atomic E-state index is 13.2. The molecule has 1 N–H and O–H groups in total. The van der Waals surface area contributed by atoms with Gasteiger partial charge in [0.2, 0.25) is 5.95 Å². The van der Waals surface area contributed by atoms with Gasteiger partial charge < -0.3 is 24.4 Å². The highest BCUT2D eigenvalue weighted by Gasteiger charge is 2.29. The molecule has 0 saturated carbocycles. The van der Waals surface area contributed by atoms with Crippen LogP contribution in [0.2, 0.25) is 0 Å². The van der Waals surface area contributed by atoms with E-state index in [2.05, 4.69) is 20.3 Å². The molecule has 9 nitrogen and oxygen atoms in total. The van der Waals surface area contributed by atoms with Gasteiger partial charge in [-0.3, -0.25) is 4.79 Å². The molecule has 0 spiro atoms. The molecule has 1 atom stereocenters. The third-order valence-corrected chi connectivity index (χ3v) is 5.46. The minimum atomic E-state index is -0.335. The van der Waals surface area contributed by atoms with Gasteiger partial charge in [-0.15, -0.1) is 0 Å². The van der Waals surface area contributed by atoms with Crippen molar-refractivity contribution in [3.8, 4) is 11.5 Å². The molecule has 33 heavy (non-hydrogen) atoms. The van der Waals surface area contributed by atoms with E-state index < -0.39 is 0 Å². The molecular weight excluding hydrogens is 422 g/mol. The highest BCUT2D eigenvalue weighted by Crippen LogP contribution is 2.31. The first-order valence-corrected chi connectivity index (χ1v) is 10.6. The summed E-state index contributed by atoms with van der Waals surface area (Å²) in [6.07, 6.45) is 4.85. The number of nitrogens with zero attached hydrogens (tertiary/aromatic N) is 4. The summed E-state index contributed by atoms with van der Waals surface area (Å²) in [4.78, 5) is 28.0. The van der Waals surface area contributed by atoms with Gasteiger partial charge in [0.05, 0.1) is 31.5 Å². The Bertz CT molecular complexity index is 1180. The Kier molecular flexibility index (Phi) is 5.86. The van der Waals surface area contributed by atoms with Gasteiger partial charge in [-0.1, -0.05) is 6.07 Å². The molecule has 168 valence electrons. The summed E-state index contributed by atoms with van der Waals surface area (Å²) in [6.45, 7) is 1.57. The molecule has 1 fully saturated rings. The zero-order valence-corrected chi connectivity index (χ0v) is 18.1. The molecule has 3 aromatic rings. The average molecular weight is 445 g/mol. The summed E-state index contributed by atoms with van der Waals surface area (Å²) in [5.41, 5.74) is 2.16. The van der Waals surface area contributed by atoms with Crippen LogP contribution in [-0.4, -0.2) is 59.2 Å². The number of pyridine rings is 1. The number of carbonyl (C=O) groups is 1. The van der Waals surface area contributed by atoms with E-state index in [1.807, 2.05) is 42.5 Å². The Morgan fingerprint density at radius 1 is 1.18 bits per heavy atom. The quantitative estimate of drug-likeness (QED) is 0.640. The number of rotatable bonds is 5. The lowest BCUT2D eigenvalue weighted by Gasteiger charge is -2.33. The van der Waals surface area contributed by atoms with E-state index in [9.17, 15) is 4.79 Å². The minimum absolute atomic E-state index is 0.0660. The van der Waals surface area contributed by atoms with Crippen molar-refractivity contribution in [1.82, 2.24) is 19.9 Å². The Hall–Kier alpha value is -3.98. The Morgan fingerprint density at radius 2 is 2.06 bits per heavy atom. The number of ether oxygens (including phenoxy) is 3. The molecular formula is C24H23N5O4. The molecule has 0 radical (unpaired) electrons. The summed E-state index contributed by atoms with van der Waals surface area (Å²) in [6, 6.07) is 12.9. The van der Waals surface area contributed by atoms with Crippen molar-refractivity contribution in [3.63, 3.8) is 0 Å². The fourth-order valence-corrected chi connectivity index (χ4v) is 3.80. The van der Waals surface area contributed by atoms with Crippen LogP contribution in [0.25, 0.3) is 6.08 Å². The van der Waals surface area contributed by atoms with E-state index in [1.165, 1.54) is 0 Å². The van der Waals surface area contributed by atoms with E-state index in [0.29, 0.717) is 42.8 Å². The third-order valence-electron chi connectivity index (χ3n) is 5.46. The van der Waals surface area contributed by atoms with Gasteiger partial charge in [-0.05, 0) is 42.5 Å². The van der Waals surface area contributed by atoms with Gasteiger partial charge in [0, 0.05) is 24.5 Å². The third kappa shape index (κ3) is 4.63. The number of anilines is 2. The molecule has 2 aromatic heterocycles. The molecule has 0 aliphatic carbocycles. The van der Waals surface area contributed by atoms with Gasteiger partial charge in [-0.25, -0.2) is 15.0 Å². The molecule has 4 heterocycles. The number of methoxy groups -OCH3 is 1. The van der Waals surface area contributed by atoms with Crippen LogP contribution < -0.4 is 14.8 Å². The molecule has 1 amide bonds. The average Bonchev–Trinajstić information content (AvgIpc) is 2.88. The second kappa shape index (κ2) is 9.25. The Labute approximate surface area is 191 Å². The summed E-state index contributed by atoms with van der Waals surface area (Å²) in [7, 11) is 1.61. The number of fused-ring (bicyclic) bond motifs is 1. The number of aromatic nitrogens is 3. The Balaban J connectivity index is 1.30. The molecule has 2 aliphatic rings. The van der Waals surface area contributed by atoms with Crippen molar-refractivity contribution in [1.29, 1.82) is 0 Å². The highest BCUT2D eigenvalue weighted by atomic mass is 16.5. The van der Waals surface area contributed by atoms with Gasteiger partial charge in [0.15, 0.2) is 0 Å². The van der Waals surface area contributed by atoms with Crippen molar-refractivity contribution >= 4 is 23.7 Å². The van der Waals surface area contributed by atoms with Crippen LogP contribution in [0.15, 0.2) is 60.4 Å². The van der Waals surface area contributed by atoms with Crippen LogP contribution in [0.3, 0.4) is 0 Å². The molecule has 1 aromatic carbocycles. The van der Waals surface area contributed by atoms with Crippen LogP contribution >= 0.6 is 0 Å². The number of benzene rings is 1. The number of hydrogen-bond acceptors (Lipinski definition) is 8. The normalized spacial score (nSPS) is 17.4. The van der Waals surface area contributed by atoms with Crippen molar-refractivity contribution < 1.29 is 19.0 Å². The number of morpholine rings is 1. The van der Waals surface area contributed by atoms with Crippen molar-refractivity contribution in [2.24, 2.45) is 0 Å². The van der Waals surface area contributed by atoms with E-state index in [0.717, 1.165) is 17.0 Å². The lowest BCUT2D eigenvalue weighted by Crippen LogP contribution is -2.44. The topological polar surface area (TPSA) is 98.7 Å². The molecule has 0 bridgehead atoms. The number of amides is 1. The Morgan fingerprint density at radius 3 is 2.91 bits per heavy atom. The first kappa shape index (κ1) is 20.9. The second-order valence-corrected chi connectivity index (χ2v) is 7.62. The van der Waals surface area contributed by atoms with Gasteiger partial charge in [0.25, 0.3) is 5.91 Å². The van der Waals surface area contributed by atoms with Crippen molar-refractivity contribution in [3.05, 3.63) is 71.7 Å². The van der Waals surface area contributed by atoms with Crippen LogP contribution in [0.4, 0.5) is 11.8 Å². The van der Waals surface area contributed by atoms with E-state index in [1.54, 1.807) is 30.5 Å². The first-order chi connectivity index (χ1) is 16.2. The summed E-state index contributed by atoms with van der Waals surface area (Å²) in [5, 5.41) is 3.08. The maximum Gasteiger partial charge on any atom is 0.253 e. The molecule has 5 rings (SSSR count). The zero-order valence-electron chi connectivity index (χ0n) is 18.1. The van der Waals surface area contributed by atoms with E-state index >= 15 is 0 Å². The number of carbonyl (C=O) groups excluding carboxylic acids is 1. The van der Waals surface area contributed by atoms with Gasteiger partial charge >= 0.3 is 0 Å². The molecule has 0 unspecified atom stereocenters. The largest absolute Gasteiger partial charge is 0.497 e. The maximum absolute atomic E-state index is 13.2. The second-order valence-electron chi connectivity index (χ2n) is 7.62. The van der Waals surface area contributed by atoms with E-state index in [-0.39, 0.29) is 18.6 Å². The standard InChI is InChI=1S/C24H23N5O4/c1-31-18-6-7-20-16(13-18)12-17(15-33-20)23(30)29-10-11-32-21(14-29)19-4-2-5-22(27-19)28-24-25-8-3-9-26-24/h2-9,12-13,21H,10-11,14-15H2,1H3,(H,25,26,27,28)/t21-/m0/s1. The predicted octanol–water partition coefficient (Wildman–Crippen LogP) is 3.00. The monoisotopic (exact) mass is 445 g/mol. The highest BCUT2D eigenvalue weighted by molar-refractivity contribution is 5.99. The SMILES string of the molecule is COc1ccc2c(c1)C=C(C(=O)N1CCO[C@H](c3cccc(Nc4ncccn4)n3)C1)CO2. The summed E-state index contributed by atoms with van der Waals surface area (Å²) in [5.74, 6) is 2.46. The van der Waals surface area contributed by atoms with Crippen LogP contribution in [-0.2, 0) is 9.53 Å². The number of nitrogens with one attached hydrogen (secondary N) is 1. The smallest absolute Gasteiger partial charge is 0.253 e. The lowest BCUT2D eigenvalue weighted by atomic mass is 10.1. The summed E-state index contributed by atoms with van der Waals surface area (Å²) >= 11 is 0. The van der Waals surface area contributed by atoms with Crippen LogP contribution in [0, 0.1) is 0 Å². The number of hydrogen-bond donors (Lipinski definition) is 1. The zero-order chi connectivity index (χ0) is 22.6. The van der Waals surface area contributed by atoms with Crippen molar-refractivity contribution in [2.45, 2.75) is 6.10 Å². The van der Waals surface area contributed by atoms with E-state index in [4.69, 9.17) is 14.2 Å².